The minimum Gasteiger partial charge on any atom is -0.494 e. The lowest BCUT2D eigenvalue weighted by Gasteiger charge is -2.28. The molecule has 0 atom stereocenters. The highest BCUT2D eigenvalue weighted by Crippen LogP contribution is 2.33. The predicted molar refractivity (Wildman–Crippen MR) is 189 cm³/mol. The number of hydrogen-bond donors (Lipinski definition) is 1. The number of ether oxygens (including phenoxy) is 1. The number of carbonyl (C=O) groups excluding carboxylic acids is 3. The number of methoxy groups -OCH3 is 1. The van der Waals surface area contributed by atoms with Gasteiger partial charge < -0.3 is 10.1 Å². The molecular weight excluding hydrogens is 753 g/mol. The van der Waals surface area contributed by atoms with E-state index in [0.29, 0.717) is 21.5 Å². The van der Waals surface area contributed by atoms with Gasteiger partial charge >= 0.3 is 0 Å². The summed E-state index contributed by atoms with van der Waals surface area (Å²) in [5.74, 6) is -0.943. The van der Waals surface area contributed by atoms with E-state index in [1.807, 2.05) is 66.7 Å². The molecule has 0 saturated carbocycles. The number of thioether (sulfide) groups is 1. The summed E-state index contributed by atoms with van der Waals surface area (Å²) in [5.41, 5.74) is 2.86. The molecule has 4 rings (SSSR count). The van der Waals surface area contributed by atoms with E-state index in [9.17, 15) is 14.4 Å². The molecule has 0 aromatic heterocycles. The van der Waals surface area contributed by atoms with Gasteiger partial charge in [0, 0.05) is 5.70 Å². The van der Waals surface area contributed by atoms with Crippen LogP contribution in [0.15, 0.2) is 124 Å². The standard InChI is InChI=1S/C34H29BrIN3O4S/c1-4-6-17-25(5-2)39-33(42)26(18-22-19-27(35)31(43-3)28(36)20-22)32(41)38-34(39)44-21-29(40)37-30(23-13-9-7-10-14-23)24-15-11-8-12-16-24/h4-20,30H,1,21H2,2-3H3,(H,37,40)/b17-6-,25-5+,26-18+. The molecule has 3 amide bonds. The zero-order valence-electron chi connectivity index (χ0n) is 24.0. The van der Waals surface area contributed by atoms with Crippen LogP contribution in [0.5, 0.6) is 5.75 Å². The Labute approximate surface area is 283 Å². The van der Waals surface area contributed by atoms with Gasteiger partial charge in [-0.05, 0) is 86.4 Å². The fourth-order valence-electron chi connectivity index (χ4n) is 4.42. The van der Waals surface area contributed by atoms with E-state index in [2.05, 4.69) is 55.4 Å². The molecule has 0 radical (unpaired) electrons. The van der Waals surface area contributed by atoms with Crippen molar-refractivity contribution in [3.05, 3.63) is 140 Å². The second-order valence-electron chi connectivity index (χ2n) is 9.33. The van der Waals surface area contributed by atoms with Crippen molar-refractivity contribution in [1.29, 1.82) is 0 Å². The fourth-order valence-corrected chi connectivity index (χ4v) is 7.11. The lowest BCUT2D eigenvalue weighted by Crippen LogP contribution is -2.42. The Morgan fingerprint density at radius 3 is 2.30 bits per heavy atom. The van der Waals surface area contributed by atoms with Crippen LogP contribution >= 0.6 is 50.3 Å². The number of nitrogens with zero attached hydrogens (tertiary/aromatic N) is 2. The number of amidine groups is 1. The monoisotopic (exact) mass is 781 g/mol. The minimum absolute atomic E-state index is 0.0725. The van der Waals surface area contributed by atoms with E-state index in [4.69, 9.17) is 4.74 Å². The van der Waals surface area contributed by atoms with Crippen LogP contribution in [0, 0.1) is 3.57 Å². The molecule has 0 bridgehead atoms. The average molecular weight is 782 g/mol. The van der Waals surface area contributed by atoms with Crippen molar-refractivity contribution in [3.63, 3.8) is 0 Å². The van der Waals surface area contributed by atoms with Gasteiger partial charge in [-0.3, -0.25) is 19.3 Å². The normalized spacial score (nSPS) is 14.8. The summed E-state index contributed by atoms with van der Waals surface area (Å²) in [6.45, 7) is 5.49. The first-order valence-corrected chi connectivity index (χ1v) is 16.3. The molecule has 3 aromatic carbocycles. The van der Waals surface area contributed by atoms with Crippen LogP contribution in [-0.2, 0) is 14.4 Å². The molecular formula is C34H29BrIN3O4S. The van der Waals surface area contributed by atoms with Gasteiger partial charge in [-0.1, -0.05) is 97.2 Å². The number of amides is 3. The van der Waals surface area contributed by atoms with Gasteiger partial charge in [-0.2, -0.15) is 4.99 Å². The molecule has 0 fully saturated rings. The molecule has 10 heteroatoms. The number of allylic oxidation sites excluding steroid dienone is 4. The Morgan fingerprint density at radius 1 is 1.11 bits per heavy atom. The number of carbonyl (C=O) groups is 3. The molecule has 1 aliphatic rings. The van der Waals surface area contributed by atoms with Crippen molar-refractivity contribution in [2.45, 2.75) is 13.0 Å². The average Bonchev–Trinajstić information content (AvgIpc) is 3.02. The first kappa shape index (κ1) is 33.2. The molecule has 1 heterocycles. The lowest BCUT2D eigenvalue weighted by atomic mass is 9.99. The third-order valence-corrected chi connectivity index (χ3v) is 8.78. The molecule has 3 aromatic rings. The molecule has 1 N–H and O–H groups in total. The number of nitrogens with one attached hydrogen (secondary N) is 1. The van der Waals surface area contributed by atoms with E-state index >= 15 is 0 Å². The summed E-state index contributed by atoms with van der Waals surface area (Å²) in [7, 11) is 1.57. The zero-order valence-corrected chi connectivity index (χ0v) is 28.6. The fraction of sp³-hybridized carbons (Fsp3) is 0.118. The Kier molecular flexibility index (Phi) is 11.9. The quantitative estimate of drug-likeness (QED) is 0.100. The third-order valence-electron chi connectivity index (χ3n) is 6.45. The van der Waals surface area contributed by atoms with Crippen LogP contribution in [-0.4, -0.2) is 40.7 Å². The van der Waals surface area contributed by atoms with Crippen molar-refractivity contribution in [2.24, 2.45) is 4.99 Å². The highest BCUT2D eigenvalue weighted by molar-refractivity contribution is 14.1. The lowest BCUT2D eigenvalue weighted by molar-refractivity contribution is -0.126. The maximum absolute atomic E-state index is 13.9. The molecule has 7 nitrogen and oxygen atoms in total. The van der Waals surface area contributed by atoms with Crippen LogP contribution in [0.1, 0.15) is 29.7 Å². The molecule has 224 valence electrons. The topological polar surface area (TPSA) is 88.1 Å². The minimum atomic E-state index is -0.689. The first-order chi connectivity index (χ1) is 21.3. The van der Waals surface area contributed by atoms with Gasteiger partial charge in [0.1, 0.15) is 11.3 Å². The summed E-state index contributed by atoms with van der Waals surface area (Å²) >= 11 is 6.63. The largest absolute Gasteiger partial charge is 0.494 e. The van der Waals surface area contributed by atoms with Crippen molar-refractivity contribution < 1.29 is 19.1 Å². The number of benzene rings is 3. The molecule has 1 aliphatic heterocycles. The maximum Gasteiger partial charge on any atom is 0.285 e. The summed E-state index contributed by atoms with van der Waals surface area (Å²) < 4.78 is 6.89. The van der Waals surface area contributed by atoms with Gasteiger partial charge in [0.05, 0.1) is 26.9 Å². The summed E-state index contributed by atoms with van der Waals surface area (Å²) in [4.78, 5) is 46.1. The van der Waals surface area contributed by atoms with E-state index in [0.717, 1.165) is 26.5 Å². The second-order valence-corrected chi connectivity index (χ2v) is 12.3. The number of hydrogen-bond acceptors (Lipinski definition) is 5. The van der Waals surface area contributed by atoms with E-state index in [1.54, 1.807) is 44.4 Å². The predicted octanol–water partition coefficient (Wildman–Crippen LogP) is 7.46. The Morgan fingerprint density at radius 2 is 1.75 bits per heavy atom. The van der Waals surface area contributed by atoms with Gasteiger partial charge in [0.2, 0.25) is 5.91 Å². The van der Waals surface area contributed by atoms with Gasteiger partial charge in [-0.25, -0.2) is 0 Å². The zero-order chi connectivity index (χ0) is 31.6. The number of rotatable bonds is 10. The van der Waals surface area contributed by atoms with Gasteiger partial charge in [-0.15, -0.1) is 0 Å². The number of aliphatic imine (C=N–C) groups is 1. The molecule has 0 spiro atoms. The van der Waals surface area contributed by atoms with Gasteiger partial charge in [0.25, 0.3) is 11.8 Å². The molecule has 0 unspecified atom stereocenters. The first-order valence-electron chi connectivity index (χ1n) is 13.5. The smallest absolute Gasteiger partial charge is 0.285 e. The summed E-state index contributed by atoms with van der Waals surface area (Å²) in [6.07, 6.45) is 8.21. The SMILES string of the molecule is C=C/C=C\C(=C/C)N1C(=O)/C(=C/c2cc(Br)c(OC)c(I)c2)C(=O)N=C1SCC(=O)NC(c1ccccc1)c1ccccc1. The highest BCUT2D eigenvalue weighted by atomic mass is 127. The third kappa shape index (κ3) is 8.04. The molecule has 44 heavy (non-hydrogen) atoms. The Bertz CT molecular complexity index is 1620. The van der Waals surface area contributed by atoms with Crippen LogP contribution in [0.3, 0.4) is 0 Å². The van der Waals surface area contributed by atoms with Crippen molar-refractivity contribution in [2.75, 3.05) is 12.9 Å². The second kappa shape index (κ2) is 15.8. The summed E-state index contributed by atoms with van der Waals surface area (Å²) in [5, 5.41) is 3.20. The maximum atomic E-state index is 13.9. The van der Waals surface area contributed by atoms with Crippen molar-refractivity contribution in [3.8, 4) is 5.75 Å². The highest BCUT2D eigenvalue weighted by Gasteiger charge is 2.35. The van der Waals surface area contributed by atoms with Gasteiger partial charge in [0.15, 0.2) is 5.17 Å². The Balaban J connectivity index is 1.64. The van der Waals surface area contributed by atoms with Crippen LogP contribution < -0.4 is 10.1 Å². The van der Waals surface area contributed by atoms with E-state index in [-0.39, 0.29) is 28.4 Å². The van der Waals surface area contributed by atoms with Crippen molar-refractivity contribution >= 4 is 79.2 Å². The van der Waals surface area contributed by atoms with E-state index in [1.165, 1.54) is 11.0 Å². The number of halogens is 2. The van der Waals surface area contributed by atoms with E-state index < -0.39 is 11.8 Å². The summed E-state index contributed by atoms with van der Waals surface area (Å²) in [6, 6.07) is 22.5. The molecule has 0 aliphatic carbocycles. The van der Waals surface area contributed by atoms with Crippen LogP contribution in [0.25, 0.3) is 6.08 Å². The van der Waals surface area contributed by atoms with Crippen LogP contribution in [0.2, 0.25) is 0 Å². The van der Waals surface area contributed by atoms with Crippen LogP contribution in [0.4, 0.5) is 0 Å². The van der Waals surface area contributed by atoms with Crippen molar-refractivity contribution in [1.82, 2.24) is 10.2 Å². The Hall–Kier alpha value is -3.74. The molecule has 0 saturated heterocycles.